The summed E-state index contributed by atoms with van der Waals surface area (Å²) < 4.78 is 1.84. The molecule has 6 nitrogen and oxygen atoms in total. The molecule has 0 saturated carbocycles. The van der Waals surface area contributed by atoms with Gasteiger partial charge in [-0.3, -0.25) is 9.59 Å². The van der Waals surface area contributed by atoms with E-state index in [-0.39, 0.29) is 18.5 Å². The molecule has 0 radical (unpaired) electrons. The molecule has 1 aromatic heterocycles. The van der Waals surface area contributed by atoms with Gasteiger partial charge in [0, 0.05) is 18.8 Å². The van der Waals surface area contributed by atoms with Crippen LogP contribution < -0.4 is 11.1 Å². The minimum Gasteiger partial charge on any atom is -0.368 e. The summed E-state index contributed by atoms with van der Waals surface area (Å²) in [7, 11) is 1.85. The summed E-state index contributed by atoms with van der Waals surface area (Å²) in [5.41, 5.74) is 6.91. The van der Waals surface area contributed by atoms with Crippen molar-refractivity contribution in [3.8, 4) is 0 Å². The molecule has 0 spiro atoms. The van der Waals surface area contributed by atoms with Crippen molar-refractivity contribution in [3.63, 3.8) is 0 Å². The maximum Gasteiger partial charge on any atom is 0.271 e. The van der Waals surface area contributed by atoms with Crippen LogP contribution in [0.2, 0.25) is 0 Å². The molecule has 0 atom stereocenters. The smallest absolute Gasteiger partial charge is 0.271 e. The van der Waals surface area contributed by atoms with Gasteiger partial charge in [0.25, 0.3) is 5.91 Å². The van der Waals surface area contributed by atoms with Crippen LogP contribution in [0, 0.1) is 6.92 Å². The van der Waals surface area contributed by atoms with Crippen LogP contribution in [0.25, 0.3) is 0 Å². The lowest BCUT2D eigenvalue weighted by molar-refractivity contribution is -0.119. The molecule has 1 aliphatic rings. The van der Waals surface area contributed by atoms with E-state index in [9.17, 15) is 9.59 Å². The predicted molar refractivity (Wildman–Crippen MR) is 76.3 cm³/mol. The summed E-state index contributed by atoms with van der Waals surface area (Å²) in [5.74, 6) is -0.589. The van der Waals surface area contributed by atoms with Crippen LogP contribution in [-0.2, 0) is 11.8 Å². The Morgan fingerprint density at radius 3 is 2.55 bits per heavy atom. The molecule has 110 valence electrons. The average Bonchev–Trinajstić information content (AvgIpc) is 2.76. The van der Waals surface area contributed by atoms with Gasteiger partial charge in [0.1, 0.15) is 5.69 Å². The van der Waals surface area contributed by atoms with E-state index in [4.69, 9.17) is 5.73 Å². The van der Waals surface area contributed by atoms with E-state index in [2.05, 4.69) is 5.32 Å². The SMILES string of the molecule is Cc1ccc(C(=O)N(CC(N)=O)C2CCNCC2)n1C. The maximum absolute atomic E-state index is 12.7. The Hall–Kier alpha value is -1.82. The topological polar surface area (TPSA) is 80.4 Å². The summed E-state index contributed by atoms with van der Waals surface area (Å²) in [6.45, 7) is 3.65. The number of primary amides is 1. The third-order valence-corrected chi connectivity index (χ3v) is 3.93. The van der Waals surface area contributed by atoms with Crippen molar-refractivity contribution in [1.82, 2.24) is 14.8 Å². The molecular weight excluding hydrogens is 256 g/mol. The zero-order chi connectivity index (χ0) is 14.7. The summed E-state index contributed by atoms with van der Waals surface area (Å²) >= 11 is 0. The van der Waals surface area contributed by atoms with Gasteiger partial charge < -0.3 is 20.5 Å². The summed E-state index contributed by atoms with van der Waals surface area (Å²) in [6, 6.07) is 3.77. The highest BCUT2D eigenvalue weighted by atomic mass is 16.2. The minimum atomic E-state index is -0.470. The van der Waals surface area contributed by atoms with E-state index < -0.39 is 5.91 Å². The van der Waals surface area contributed by atoms with Crippen LogP contribution in [0.5, 0.6) is 0 Å². The monoisotopic (exact) mass is 278 g/mol. The lowest BCUT2D eigenvalue weighted by atomic mass is 10.0. The second kappa shape index (κ2) is 6.09. The molecule has 0 bridgehead atoms. The fourth-order valence-electron chi connectivity index (χ4n) is 2.63. The van der Waals surface area contributed by atoms with Gasteiger partial charge in [0.15, 0.2) is 0 Å². The zero-order valence-corrected chi connectivity index (χ0v) is 12.1. The van der Waals surface area contributed by atoms with E-state index in [1.807, 2.05) is 24.6 Å². The molecular formula is C14H22N4O2. The quantitative estimate of drug-likeness (QED) is 0.814. The number of aryl methyl sites for hydroxylation is 1. The Kier molecular flexibility index (Phi) is 4.44. The number of aromatic nitrogens is 1. The van der Waals surface area contributed by atoms with E-state index >= 15 is 0 Å². The number of carbonyl (C=O) groups excluding carboxylic acids is 2. The second-order valence-corrected chi connectivity index (χ2v) is 5.30. The van der Waals surface area contributed by atoms with Crippen LogP contribution in [-0.4, -0.2) is 47.0 Å². The third-order valence-electron chi connectivity index (χ3n) is 3.93. The summed E-state index contributed by atoms with van der Waals surface area (Å²) in [6.07, 6.45) is 1.70. The highest BCUT2D eigenvalue weighted by Crippen LogP contribution is 2.16. The van der Waals surface area contributed by atoms with Crippen molar-refractivity contribution < 1.29 is 9.59 Å². The summed E-state index contributed by atoms with van der Waals surface area (Å²) in [5, 5.41) is 3.26. The van der Waals surface area contributed by atoms with E-state index in [1.165, 1.54) is 0 Å². The van der Waals surface area contributed by atoms with Gasteiger partial charge in [-0.1, -0.05) is 0 Å². The number of nitrogens with two attached hydrogens (primary N) is 1. The number of nitrogens with one attached hydrogen (secondary N) is 1. The third kappa shape index (κ3) is 3.01. The van der Waals surface area contributed by atoms with Gasteiger partial charge in [0.05, 0.1) is 6.54 Å². The van der Waals surface area contributed by atoms with Gasteiger partial charge in [-0.25, -0.2) is 0 Å². The fraction of sp³-hybridized carbons (Fsp3) is 0.571. The average molecular weight is 278 g/mol. The Bertz CT molecular complexity index is 503. The lowest BCUT2D eigenvalue weighted by Crippen LogP contribution is -2.49. The molecule has 6 heteroatoms. The first kappa shape index (κ1) is 14.6. The summed E-state index contributed by atoms with van der Waals surface area (Å²) in [4.78, 5) is 25.6. The molecule has 2 amide bonds. The highest BCUT2D eigenvalue weighted by Gasteiger charge is 2.28. The largest absolute Gasteiger partial charge is 0.368 e. The number of piperidine rings is 1. The van der Waals surface area contributed by atoms with Crippen molar-refractivity contribution in [1.29, 1.82) is 0 Å². The number of nitrogens with zero attached hydrogens (tertiary/aromatic N) is 2. The molecule has 2 rings (SSSR count). The van der Waals surface area contributed by atoms with Crippen LogP contribution >= 0.6 is 0 Å². The molecule has 0 unspecified atom stereocenters. The van der Waals surface area contributed by atoms with Crippen molar-refractivity contribution in [2.75, 3.05) is 19.6 Å². The Labute approximate surface area is 118 Å². The predicted octanol–water partition coefficient (Wildman–Crippen LogP) is 0.0130. The molecule has 0 aliphatic carbocycles. The zero-order valence-electron chi connectivity index (χ0n) is 12.1. The first-order valence-corrected chi connectivity index (χ1v) is 6.93. The molecule has 20 heavy (non-hydrogen) atoms. The van der Waals surface area contributed by atoms with Crippen LogP contribution in [0.3, 0.4) is 0 Å². The fourth-order valence-corrected chi connectivity index (χ4v) is 2.63. The standard InChI is InChI=1S/C14H22N4O2/c1-10-3-4-12(17(10)2)14(20)18(9-13(15)19)11-5-7-16-8-6-11/h3-4,11,16H,5-9H2,1-2H3,(H2,15,19). The highest BCUT2D eigenvalue weighted by molar-refractivity contribution is 5.95. The van der Waals surface area contributed by atoms with Gasteiger partial charge in [-0.15, -0.1) is 0 Å². The molecule has 1 aliphatic heterocycles. The first-order valence-electron chi connectivity index (χ1n) is 6.93. The van der Waals surface area contributed by atoms with Crippen molar-refractivity contribution in [3.05, 3.63) is 23.5 Å². The van der Waals surface area contributed by atoms with Crippen LogP contribution in [0.15, 0.2) is 12.1 Å². The molecule has 1 aromatic rings. The maximum atomic E-state index is 12.7. The number of hydrogen-bond donors (Lipinski definition) is 2. The van der Waals surface area contributed by atoms with E-state index in [0.717, 1.165) is 31.6 Å². The molecule has 1 fully saturated rings. The molecule has 1 saturated heterocycles. The number of amides is 2. The normalized spacial score (nSPS) is 16.1. The minimum absolute atomic E-state index is 0.0201. The van der Waals surface area contributed by atoms with Gasteiger partial charge >= 0.3 is 0 Å². The number of carbonyl (C=O) groups is 2. The van der Waals surface area contributed by atoms with Crippen molar-refractivity contribution >= 4 is 11.8 Å². The van der Waals surface area contributed by atoms with Crippen molar-refractivity contribution in [2.24, 2.45) is 12.8 Å². The number of hydrogen-bond acceptors (Lipinski definition) is 3. The number of rotatable bonds is 4. The van der Waals surface area contributed by atoms with E-state index in [1.54, 1.807) is 11.0 Å². The Morgan fingerprint density at radius 1 is 1.40 bits per heavy atom. The lowest BCUT2D eigenvalue weighted by Gasteiger charge is -2.34. The van der Waals surface area contributed by atoms with Gasteiger partial charge in [-0.2, -0.15) is 0 Å². The second-order valence-electron chi connectivity index (χ2n) is 5.30. The van der Waals surface area contributed by atoms with Crippen LogP contribution in [0.1, 0.15) is 29.0 Å². The molecule has 3 N–H and O–H groups in total. The molecule has 0 aromatic carbocycles. The molecule has 2 heterocycles. The van der Waals surface area contributed by atoms with Crippen LogP contribution in [0.4, 0.5) is 0 Å². The van der Waals surface area contributed by atoms with E-state index in [0.29, 0.717) is 5.69 Å². The van der Waals surface area contributed by atoms with Gasteiger partial charge in [-0.05, 0) is 45.0 Å². The first-order chi connectivity index (χ1) is 9.50. The Balaban J connectivity index is 2.23. The Morgan fingerprint density at radius 2 is 2.05 bits per heavy atom. The van der Waals surface area contributed by atoms with Crippen molar-refractivity contribution in [2.45, 2.75) is 25.8 Å². The van der Waals surface area contributed by atoms with Gasteiger partial charge in [0.2, 0.25) is 5.91 Å².